The van der Waals surface area contributed by atoms with Gasteiger partial charge in [-0.2, -0.15) is 0 Å². The van der Waals surface area contributed by atoms with Crippen molar-refractivity contribution in [2.45, 2.75) is 19.9 Å². The molecule has 1 aromatic carbocycles. The van der Waals surface area contributed by atoms with E-state index in [2.05, 4.69) is 35.8 Å². The zero-order valence-corrected chi connectivity index (χ0v) is 13.1. The van der Waals surface area contributed by atoms with Crippen molar-refractivity contribution in [1.82, 2.24) is 0 Å². The molecule has 0 aliphatic heterocycles. The standard InChI is InChI=1S/C14H16BrNOS/c1-8-6-9(2)18-14(8)13(16)11-5-4-10(15)7-12(11)17-3/h4-7,13H,16H2,1-3H3. The molecule has 0 aliphatic rings. The van der Waals surface area contributed by atoms with Crippen LogP contribution in [-0.2, 0) is 0 Å². The average molecular weight is 326 g/mol. The highest BCUT2D eigenvalue weighted by Crippen LogP contribution is 2.35. The molecule has 0 spiro atoms. The highest BCUT2D eigenvalue weighted by molar-refractivity contribution is 9.10. The number of ether oxygens (including phenoxy) is 1. The van der Waals surface area contributed by atoms with Gasteiger partial charge in [-0.3, -0.25) is 0 Å². The lowest BCUT2D eigenvalue weighted by molar-refractivity contribution is 0.407. The molecule has 0 aliphatic carbocycles. The van der Waals surface area contributed by atoms with E-state index in [1.54, 1.807) is 18.4 Å². The van der Waals surface area contributed by atoms with E-state index in [1.165, 1.54) is 15.3 Å². The van der Waals surface area contributed by atoms with Crippen LogP contribution in [0.25, 0.3) is 0 Å². The quantitative estimate of drug-likeness (QED) is 0.918. The highest BCUT2D eigenvalue weighted by atomic mass is 79.9. The van der Waals surface area contributed by atoms with Crippen molar-refractivity contribution in [3.63, 3.8) is 0 Å². The molecule has 2 N–H and O–H groups in total. The van der Waals surface area contributed by atoms with E-state index >= 15 is 0 Å². The fourth-order valence-electron chi connectivity index (χ4n) is 2.05. The molecule has 18 heavy (non-hydrogen) atoms. The zero-order valence-electron chi connectivity index (χ0n) is 10.7. The second-order valence-corrected chi connectivity index (χ2v) is 6.47. The van der Waals surface area contributed by atoms with Gasteiger partial charge in [0, 0.05) is 19.8 Å². The number of hydrogen-bond donors (Lipinski definition) is 1. The maximum Gasteiger partial charge on any atom is 0.125 e. The molecule has 4 heteroatoms. The molecule has 0 bridgehead atoms. The van der Waals surface area contributed by atoms with Crippen molar-refractivity contribution in [1.29, 1.82) is 0 Å². The summed E-state index contributed by atoms with van der Waals surface area (Å²) in [6.07, 6.45) is 0. The Labute approximate surface area is 120 Å². The SMILES string of the molecule is COc1cc(Br)ccc1C(N)c1sc(C)cc1C. The van der Waals surface area contributed by atoms with Gasteiger partial charge in [-0.15, -0.1) is 11.3 Å². The topological polar surface area (TPSA) is 35.2 Å². The largest absolute Gasteiger partial charge is 0.496 e. The van der Waals surface area contributed by atoms with Gasteiger partial charge in [0.15, 0.2) is 0 Å². The number of benzene rings is 1. The van der Waals surface area contributed by atoms with Crippen LogP contribution in [0.2, 0.25) is 0 Å². The summed E-state index contributed by atoms with van der Waals surface area (Å²) in [6.45, 7) is 4.21. The lowest BCUT2D eigenvalue weighted by Gasteiger charge is -2.15. The smallest absolute Gasteiger partial charge is 0.125 e. The molecular weight excluding hydrogens is 310 g/mol. The van der Waals surface area contributed by atoms with Crippen LogP contribution in [0.15, 0.2) is 28.7 Å². The molecule has 0 fully saturated rings. The monoisotopic (exact) mass is 325 g/mol. The van der Waals surface area contributed by atoms with E-state index in [9.17, 15) is 0 Å². The van der Waals surface area contributed by atoms with Gasteiger partial charge in [-0.25, -0.2) is 0 Å². The van der Waals surface area contributed by atoms with Crippen molar-refractivity contribution in [3.05, 3.63) is 49.6 Å². The molecule has 2 nitrogen and oxygen atoms in total. The molecule has 96 valence electrons. The van der Waals surface area contributed by atoms with Crippen LogP contribution < -0.4 is 10.5 Å². The van der Waals surface area contributed by atoms with Gasteiger partial charge in [-0.05, 0) is 37.6 Å². The summed E-state index contributed by atoms with van der Waals surface area (Å²) >= 11 is 5.19. The van der Waals surface area contributed by atoms with E-state index < -0.39 is 0 Å². The summed E-state index contributed by atoms with van der Waals surface area (Å²) in [6, 6.07) is 8.00. The van der Waals surface area contributed by atoms with Gasteiger partial charge >= 0.3 is 0 Å². The first-order valence-corrected chi connectivity index (χ1v) is 7.30. The van der Waals surface area contributed by atoms with Crippen molar-refractivity contribution in [2.24, 2.45) is 5.73 Å². The number of thiophene rings is 1. The Morgan fingerprint density at radius 3 is 2.56 bits per heavy atom. The molecule has 0 saturated carbocycles. The molecule has 1 atom stereocenters. The number of hydrogen-bond acceptors (Lipinski definition) is 3. The Morgan fingerprint density at radius 1 is 1.28 bits per heavy atom. The second-order valence-electron chi connectivity index (χ2n) is 4.27. The summed E-state index contributed by atoms with van der Waals surface area (Å²) in [5.74, 6) is 0.822. The first-order chi connectivity index (χ1) is 8.52. The van der Waals surface area contributed by atoms with Crippen molar-refractivity contribution in [3.8, 4) is 5.75 Å². The van der Waals surface area contributed by atoms with Gasteiger partial charge in [0.05, 0.1) is 13.2 Å². The zero-order chi connectivity index (χ0) is 13.3. The van der Waals surface area contributed by atoms with E-state index in [0.717, 1.165) is 15.8 Å². The first kappa shape index (κ1) is 13.6. The normalized spacial score (nSPS) is 12.5. The predicted octanol–water partition coefficient (Wildman–Crippen LogP) is 4.18. The fraction of sp³-hybridized carbons (Fsp3) is 0.286. The summed E-state index contributed by atoms with van der Waals surface area (Å²) in [5, 5.41) is 0. The van der Waals surface area contributed by atoms with E-state index in [-0.39, 0.29) is 6.04 Å². The van der Waals surface area contributed by atoms with Gasteiger partial charge in [0.2, 0.25) is 0 Å². The van der Waals surface area contributed by atoms with Crippen LogP contribution in [0.5, 0.6) is 5.75 Å². The van der Waals surface area contributed by atoms with Crippen LogP contribution in [0.3, 0.4) is 0 Å². The third-order valence-electron chi connectivity index (χ3n) is 2.89. The van der Waals surface area contributed by atoms with Gasteiger partial charge in [0.25, 0.3) is 0 Å². The molecule has 1 aromatic heterocycles. The lowest BCUT2D eigenvalue weighted by Crippen LogP contribution is -2.12. The molecule has 0 amide bonds. The number of halogens is 1. The Bertz CT molecular complexity index is 565. The van der Waals surface area contributed by atoms with Crippen LogP contribution in [0.4, 0.5) is 0 Å². The average Bonchev–Trinajstić information content (AvgIpc) is 2.67. The molecule has 0 saturated heterocycles. The second kappa shape index (κ2) is 5.43. The molecular formula is C14H16BrNOS. The summed E-state index contributed by atoms with van der Waals surface area (Å²) in [5.41, 5.74) is 8.64. The molecule has 2 aromatic rings. The van der Waals surface area contributed by atoms with E-state index in [1.807, 2.05) is 18.2 Å². The first-order valence-electron chi connectivity index (χ1n) is 5.69. The Hall–Kier alpha value is -0.840. The van der Waals surface area contributed by atoms with Crippen molar-refractivity contribution >= 4 is 27.3 Å². The summed E-state index contributed by atoms with van der Waals surface area (Å²) < 4.78 is 6.40. The van der Waals surface area contributed by atoms with E-state index in [0.29, 0.717) is 0 Å². The van der Waals surface area contributed by atoms with Gasteiger partial charge < -0.3 is 10.5 Å². The maximum atomic E-state index is 6.37. The fourth-order valence-corrected chi connectivity index (χ4v) is 3.45. The summed E-state index contributed by atoms with van der Waals surface area (Å²) in [4.78, 5) is 2.49. The molecule has 2 rings (SSSR count). The maximum absolute atomic E-state index is 6.37. The molecule has 0 radical (unpaired) electrons. The third-order valence-corrected chi connectivity index (χ3v) is 4.62. The highest BCUT2D eigenvalue weighted by Gasteiger charge is 2.18. The van der Waals surface area contributed by atoms with Gasteiger partial charge in [-0.1, -0.05) is 22.0 Å². The van der Waals surface area contributed by atoms with Crippen molar-refractivity contribution < 1.29 is 4.74 Å². The van der Waals surface area contributed by atoms with Crippen LogP contribution in [0, 0.1) is 13.8 Å². The van der Waals surface area contributed by atoms with Crippen LogP contribution >= 0.6 is 27.3 Å². The van der Waals surface area contributed by atoms with Crippen molar-refractivity contribution in [2.75, 3.05) is 7.11 Å². The van der Waals surface area contributed by atoms with Crippen LogP contribution in [-0.4, -0.2) is 7.11 Å². The molecule has 1 heterocycles. The minimum absolute atomic E-state index is 0.133. The Morgan fingerprint density at radius 2 is 2.00 bits per heavy atom. The minimum atomic E-state index is -0.133. The summed E-state index contributed by atoms with van der Waals surface area (Å²) in [7, 11) is 1.67. The molecule has 1 unspecified atom stereocenters. The number of methoxy groups -OCH3 is 1. The minimum Gasteiger partial charge on any atom is -0.496 e. The number of nitrogens with two attached hydrogens (primary N) is 1. The van der Waals surface area contributed by atoms with Gasteiger partial charge in [0.1, 0.15) is 5.75 Å². The third kappa shape index (κ3) is 2.60. The number of aryl methyl sites for hydroxylation is 2. The van der Waals surface area contributed by atoms with Crippen LogP contribution in [0.1, 0.15) is 26.9 Å². The van der Waals surface area contributed by atoms with E-state index in [4.69, 9.17) is 10.5 Å². The Balaban J connectivity index is 2.45. The predicted molar refractivity (Wildman–Crippen MR) is 80.5 cm³/mol. The lowest BCUT2D eigenvalue weighted by atomic mass is 10.0. The number of rotatable bonds is 3. The Kier molecular flexibility index (Phi) is 4.10.